The molecule has 5 nitrogen and oxygen atoms in total. The Morgan fingerprint density at radius 2 is 2.25 bits per heavy atom. The molecule has 1 atom stereocenters. The second kappa shape index (κ2) is 6.58. The molecule has 0 amide bonds. The van der Waals surface area contributed by atoms with Gasteiger partial charge in [0.25, 0.3) is 5.89 Å². The number of benzene rings is 1. The summed E-state index contributed by atoms with van der Waals surface area (Å²) in [6.45, 7) is 4.76. The zero-order chi connectivity index (χ0) is 14.5. The van der Waals surface area contributed by atoms with Crippen LogP contribution in [-0.2, 0) is 4.74 Å². The lowest BCUT2D eigenvalue weighted by molar-refractivity contribution is 0.119. The second-order valence-corrected chi connectivity index (χ2v) is 4.62. The van der Waals surface area contributed by atoms with Crippen LogP contribution in [0.5, 0.6) is 0 Å². The van der Waals surface area contributed by atoms with Gasteiger partial charge in [0, 0.05) is 6.61 Å². The average molecular weight is 279 g/mol. The fraction of sp³-hybridized carbons (Fsp3) is 0.429. The first-order chi connectivity index (χ1) is 9.61. The van der Waals surface area contributed by atoms with E-state index in [0.29, 0.717) is 19.0 Å². The third-order valence-electron chi connectivity index (χ3n) is 2.77. The number of rotatable bonds is 6. The van der Waals surface area contributed by atoms with E-state index in [4.69, 9.17) is 15.0 Å². The summed E-state index contributed by atoms with van der Waals surface area (Å²) < 4.78 is 24.2. The highest BCUT2D eigenvalue weighted by Crippen LogP contribution is 2.22. The third-order valence-corrected chi connectivity index (χ3v) is 2.77. The van der Waals surface area contributed by atoms with Gasteiger partial charge in [-0.05, 0) is 31.0 Å². The molecule has 0 radical (unpaired) electrons. The number of hydrogen-bond acceptors (Lipinski definition) is 5. The van der Waals surface area contributed by atoms with Gasteiger partial charge in [0.15, 0.2) is 5.82 Å². The van der Waals surface area contributed by atoms with Crippen LogP contribution in [0.15, 0.2) is 22.7 Å². The first-order valence-corrected chi connectivity index (χ1v) is 6.55. The monoisotopic (exact) mass is 279 g/mol. The largest absolute Gasteiger partial charge is 0.379 e. The molecule has 6 heteroatoms. The van der Waals surface area contributed by atoms with Gasteiger partial charge >= 0.3 is 0 Å². The summed E-state index contributed by atoms with van der Waals surface area (Å²) in [6.07, 6.45) is 0.915. The Balaban J connectivity index is 2.12. The van der Waals surface area contributed by atoms with Crippen LogP contribution in [-0.4, -0.2) is 23.4 Å². The highest BCUT2D eigenvalue weighted by Gasteiger charge is 2.17. The molecule has 1 heterocycles. The number of nitrogens with two attached hydrogens (primary N) is 1. The summed E-state index contributed by atoms with van der Waals surface area (Å²) in [4.78, 5) is 4.13. The molecule has 0 bridgehead atoms. The van der Waals surface area contributed by atoms with Crippen molar-refractivity contribution in [2.24, 2.45) is 5.73 Å². The molecule has 1 aromatic heterocycles. The minimum atomic E-state index is -0.479. The van der Waals surface area contributed by atoms with Crippen molar-refractivity contribution < 1.29 is 13.7 Å². The van der Waals surface area contributed by atoms with E-state index in [2.05, 4.69) is 10.1 Å². The van der Waals surface area contributed by atoms with E-state index in [9.17, 15) is 4.39 Å². The molecule has 0 saturated carbocycles. The van der Waals surface area contributed by atoms with Gasteiger partial charge in [-0.2, -0.15) is 4.98 Å². The minimum absolute atomic E-state index is 0.128. The molecule has 0 aliphatic heterocycles. The fourth-order valence-corrected chi connectivity index (χ4v) is 1.72. The lowest BCUT2D eigenvalue weighted by atomic mass is 10.1. The maximum absolute atomic E-state index is 13.8. The number of aryl methyl sites for hydroxylation is 1. The lowest BCUT2D eigenvalue weighted by Crippen LogP contribution is -2.18. The van der Waals surface area contributed by atoms with E-state index in [-0.39, 0.29) is 11.5 Å². The van der Waals surface area contributed by atoms with E-state index in [0.717, 1.165) is 12.0 Å². The van der Waals surface area contributed by atoms with Crippen molar-refractivity contribution in [2.75, 3.05) is 13.2 Å². The molecule has 0 saturated heterocycles. The standard InChI is InChI=1S/C14H18FN3O2/c1-3-6-19-8-12(16)13-17-14(20-18-13)10-5-4-9(2)7-11(10)15/h4-5,7,12H,3,6,8,16H2,1-2H3. The van der Waals surface area contributed by atoms with Crippen molar-refractivity contribution in [3.8, 4) is 11.5 Å². The van der Waals surface area contributed by atoms with Crippen molar-refractivity contribution in [3.63, 3.8) is 0 Å². The number of halogens is 1. The molecule has 1 aromatic carbocycles. The van der Waals surface area contributed by atoms with Crippen LogP contribution in [0.4, 0.5) is 4.39 Å². The summed E-state index contributed by atoms with van der Waals surface area (Å²) >= 11 is 0. The van der Waals surface area contributed by atoms with E-state index in [1.165, 1.54) is 6.07 Å². The summed E-state index contributed by atoms with van der Waals surface area (Å²) in [5.41, 5.74) is 6.99. The molecule has 2 rings (SSSR count). The second-order valence-electron chi connectivity index (χ2n) is 4.62. The minimum Gasteiger partial charge on any atom is -0.379 e. The number of nitrogens with zero attached hydrogens (tertiary/aromatic N) is 2. The van der Waals surface area contributed by atoms with Crippen molar-refractivity contribution >= 4 is 0 Å². The van der Waals surface area contributed by atoms with E-state index in [1.54, 1.807) is 12.1 Å². The number of hydrogen-bond donors (Lipinski definition) is 1. The molecule has 0 aliphatic carbocycles. The van der Waals surface area contributed by atoms with Gasteiger partial charge in [-0.1, -0.05) is 18.1 Å². The van der Waals surface area contributed by atoms with Crippen LogP contribution < -0.4 is 5.73 Å². The Morgan fingerprint density at radius 1 is 1.45 bits per heavy atom. The van der Waals surface area contributed by atoms with Crippen LogP contribution in [0.1, 0.15) is 30.8 Å². The van der Waals surface area contributed by atoms with Crippen LogP contribution in [0.2, 0.25) is 0 Å². The highest BCUT2D eigenvalue weighted by molar-refractivity contribution is 5.54. The third kappa shape index (κ3) is 3.40. The lowest BCUT2D eigenvalue weighted by Gasteiger charge is -2.06. The zero-order valence-corrected chi connectivity index (χ0v) is 11.6. The van der Waals surface area contributed by atoms with Gasteiger partial charge in [-0.25, -0.2) is 4.39 Å². The van der Waals surface area contributed by atoms with Gasteiger partial charge < -0.3 is 15.0 Å². The summed E-state index contributed by atoms with van der Waals surface area (Å²) in [7, 11) is 0. The molecule has 0 spiro atoms. The predicted octanol–water partition coefficient (Wildman–Crippen LogP) is 2.61. The quantitative estimate of drug-likeness (QED) is 0.823. The Hall–Kier alpha value is -1.79. The first kappa shape index (κ1) is 14.6. The van der Waals surface area contributed by atoms with Crippen LogP contribution in [0, 0.1) is 12.7 Å². The van der Waals surface area contributed by atoms with Gasteiger partial charge in [-0.15, -0.1) is 0 Å². The topological polar surface area (TPSA) is 74.2 Å². The molecule has 0 fully saturated rings. The SMILES string of the molecule is CCCOCC(N)c1noc(-c2ccc(C)cc2F)n1. The molecule has 1 unspecified atom stereocenters. The van der Waals surface area contributed by atoms with Gasteiger partial charge in [-0.3, -0.25) is 0 Å². The van der Waals surface area contributed by atoms with E-state index in [1.807, 2.05) is 13.8 Å². The molecule has 2 N–H and O–H groups in total. The van der Waals surface area contributed by atoms with Crippen molar-refractivity contribution in [2.45, 2.75) is 26.3 Å². The maximum Gasteiger partial charge on any atom is 0.260 e. The Bertz CT molecular complexity index is 571. The van der Waals surface area contributed by atoms with E-state index >= 15 is 0 Å². The van der Waals surface area contributed by atoms with E-state index < -0.39 is 11.9 Å². The average Bonchev–Trinajstić information content (AvgIpc) is 2.88. The van der Waals surface area contributed by atoms with Gasteiger partial charge in [0.05, 0.1) is 18.2 Å². The van der Waals surface area contributed by atoms with Gasteiger partial charge in [0.1, 0.15) is 5.82 Å². The normalized spacial score (nSPS) is 12.6. The van der Waals surface area contributed by atoms with Crippen LogP contribution in [0.3, 0.4) is 0 Å². The molecule has 108 valence electrons. The van der Waals surface area contributed by atoms with Crippen LogP contribution >= 0.6 is 0 Å². The van der Waals surface area contributed by atoms with Gasteiger partial charge in [0.2, 0.25) is 0 Å². The first-order valence-electron chi connectivity index (χ1n) is 6.55. The Kier molecular flexibility index (Phi) is 4.81. The molecular weight excluding hydrogens is 261 g/mol. The summed E-state index contributed by atoms with van der Waals surface area (Å²) in [5.74, 6) is 0.0514. The van der Waals surface area contributed by atoms with Crippen molar-refractivity contribution in [1.82, 2.24) is 10.1 Å². The molecule has 20 heavy (non-hydrogen) atoms. The molecular formula is C14H18FN3O2. The summed E-state index contributed by atoms with van der Waals surface area (Å²) in [5, 5.41) is 3.78. The highest BCUT2D eigenvalue weighted by atomic mass is 19.1. The molecule has 0 aliphatic rings. The maximum atomic E-state index is 13.8. The fourth-order valence-electron chi connectivity index (χ4n) is 1.72. The Morgan fingerprint density at radius 3 is 2.95 bits per heavy atom. The molecule has 2 aromatic rings. The summed E-state index contributed by atoms with van der Waals surface area (Å²) in [6, 6.07) is 4.34. The van der Waals surface area contributed by atoms with Crippen LogP contribution in [0.25, 0.3) is 11.5 Å². The zero-order valence-electron chi connectivity index (χ0n) is 11.6. The number of ether oxygens (including phenoxy) is 1. The number of aromatic nitrogens is 2. The predicted molar refractivity (Wildman–Crippen MR) is 72.5 cm³/mol. The van der Waals surface area contributed by atoms with Crippen molar-refractivity contribution in [1.29, 1.82) is 0 Å². The van der Waals surface area contributed by atoms with Crippen molar-refractivity contribution in [3.05, 3.63) is 35.4 Å². The smallest absolute Gasteiger partial charge is 0.260 e. The Labute approximate surface area is 116 Å².